The van der Waals surface area contributed by atoms with Crippen LogP contribution in [0.1, 0.15) is 19.4 Å². The summed E-state index contributed by atoms with van der Waals surface area (Å²) in [5.74, 6) is 0.324. The highest BCUT2D eigenvalue weighted by Gasteiger charge is 2.04. The molecule has 3 N–H and O–H groups in total. The van der Waals surface area contributed by atoms with Gasteiger partial charge in [0.1, 0.15) is 5.75 Å². The number of phenolic OH excluding ortho intramolecular Hbond substituents is 1. The number of phenols is 1. The van der Waals surface area contributed by atoms with Crippen LogP contribution in [0.25, 0.3) is 10.9 Å². The van der Waals surface area contributed by atoms with Crippen LogP contribution in [0.5, 0.6) is 5.75 Å². The maximum absolute atomic E-state index is 9.46. The maximum Gasteiger partial charge on any atom is 0.116 e. The van der Waals surface area contributed by atoms with Gasteiger partial charge in [0.05, 0.1) is 0 Å². The first kappa shape index (κ1) is 11.0. The van der Waals surface area contributed by atoms with E-state index in [1.165, 1.54) is 5.56 Å². The zero-order valence-electron chi connectivity index (χ0n) is 9.75. The molecule has 0 aliphatic carbocycles. The first-order valence-electron chi connectivity index (χ1n) is 5.69. The van der Waals surface area contributed by atoms with E-state index in [0.717, 1.165) is 23.9 Å². The second-order valence-corrected chi connectivity index (χ2v) is 4.40. The highest BCUT2D eigenvalue weighted by atomic mass is 16.3. The Morgan fingerprint density at radius 1 is 1.38 bits per heavy atom. The first-order chi connectivity index (χ1) is 7.66. The lowest BCUT2D eigenvalue weighted by molar-refractivity contribution is 0.476. The fraction of sp³-hybridized carbons (Fsp3) is 0.385. The predicted octanol–water partition coefficient (Wildman–Crippen LogP) is 2.41. The molecule has 0 saturated carbocycles. The molecule has 3 heteroatoms. The van der Waals surface area contributed by atoms with Crippen molar-refractivity contribution in [1.29, 1.82) is 0 Å². The van der Waals surface area contributed by atoms with Gasteiger partial charge < -0.3 is 15.4 Å². The molecule has 86 valence electrons. The molecule has 0 bridgehead atoms. The van der Waals surface area contributed by atoms with Crippen LogP contribution in [0.15, 0.2) is 24.4 Å². The van der Waals surface area contributed by atoms with Crippen LogP contribution in [0.4, 0.5) is 0 Å². The lowest BCUT2D eigenvalue weighted by atomic mass is 10.1. The molecule has 0 radical (unpaired) electrons. The standard InChI is InChI=1S/C13H18N2O/c1-9(2)14-6-5-10-8-15-13-4-3-11(16)7-12(10)13/h3-4,7-9,14-16H,5-6H2,1-2H3. The third-order valence-electron chi connectivity index (χ3n) is 2.70. The SMILES string of the molecule is CC(C)NCCc1c[nH]c2ccc(O)cc12. The van der Waals surface area contributed by atoms with Crippen LogP contribution in [-0.4, -0.2) is 22.7 Å². The van der Waals surface area contributed by atoms with E-state index in [1.54, 1.807) is 6.07 Å². The Kier molecular flexibility index (Phi) is 3.15. The van der Waals surface area contributed by atoms with Gasteiger partial charge in [0.2, 0.25) is 0 Å². The summed E-state index contributed by atoms with van der Waals surface area (Å²) in [4.78, 5) is 3.21. The van der Waals surface area contributed by atoms with Gasteiger partial charge in [0.15, 0.2) is 0 Å². The number of nitrogens with one attached hydrogen (secondary N) is 2. The highest BCUT2D eigenvalue weighted by molar-refractivity contribution is 5.84. The fourth-order valence-electron chi connectivity index (χ4n) is 1.87. The third kappa shape index (κ3) is 2.36. The monoisotopic (exact) mass is 218 g/mol. The Hall–Kier alpha value is -1.48. The molecule has 2 aromatic rings. The van der Waals surface area contributed by atoms with E-state index in [2.05, 4.69) is 24.1 Å². The Labute approximate surface area is 95.5 Å². The Balaban J connectivity index is 2.15. The van der Waals surface area contributed by atoms with E-state index in [9.17, 15) is 5.11 Å². The van der Waals surface area contributed by atoms with Gasteiger partial charge >= 0.3 is 0 Å². The first-order valence-corrected chi connectivity index (χ1v) is 5.69. The molecule has 1 aromatic heterocycles. The van der Waals surface area contributed by atoms with Gasteiger partial charge in [-0.25, -0.2) is 0 Å². The molecule has 2 rings (SSSR count). The number of hydrogen-bond donors (Lipinski definition) is 3. The summed E-state index contributed by atoms with van der Waals surface area (Å²) in [6.07, 6.45) is 2.99. The van der Waals surface area contributed by atoms with Crippen LogP contribution >= 0.6 is 0 Å². The molecule has 0 saturated heterocycles. The zero-order valence-corrected chi connectivity index (χ0v) is 9.75. The van der Waals surface area contributed by atoms with E-state index in [-0.39, 0.29) is 0 Å². The van der Waals surface area contributed by atoms with Crippen molar-refractivity contribution < 1.29 is 5.11 Å². The molecule has 0 spiro atoms. The molecule has 1 aromatic carbocycles. The molecule has 0 amide bonds. The van der Waals surface area contributed by atoms with E-state index in [4.69, 9.17) is 0 Å². The number of fused-ring (bicyclic) bond motifs is 1. The van der Waals surface area contributed by atoms with Crippen LogP contribution < -0.4 is 5.32 Å². The van der Waals surface area contributed by atoms with Crippen molar-refractivity contribution in [2.45, 2.75) is 26.3 Å². The van der Waals surface area contributed by atoms with Crippen molar-refractivity contribution in [3.8, 4) is 5.75 Å². The second-order valence-electron chi connectivity index (χ2n) is 4.40. The smallest absolute Gasteiger partial charge is 0.116 e. The number of aromatic amines is 1. The number of benzene rings is 1. The van der Waals surface area contributed by atoms with Crippen LogP contribution in [0, 0.1) is 0 Å². The summed E-state index contributed by atoms with van der Waals surface area (Å²) >= 11 is 0. The average molecular weight is 218 g/mol. The topological polar surface area (TPSA) is 48.0 Å². The van der Waals surface area contributed by atoms with Gasteiger partial charge in [-0.1, -0.05) is 13.8 Å². The summed E-state index contributed by atoms with van der Waals surface area (Å²) < 4.78 is 0. The molecule has 0 atom stereocenters. The Morgan fingerprint density at radius 2 is 2.19 bits per heavy atom. The van der Waals surface area contributed by atoms with Crippen LogP contribution in [0.2, 0.25) is 0 Å². The lowest BCUT2D eigenvalue weighted by Gasteiger charge is -2.06. The summed E-state index contributed by atoms with van der Waals surface area (Å²) in [6.45, 7) is 5.24. The van der Waals surface area contributed by atoms with E-state index in [0.29, 0.717) is 11.8 Å². The third-order valence-corrected chi connectivity index (χ3v) is 2.70. The van der Waals surface area contributed by atoms with Gasteiger partial charge in [-0.2, -0.15) is 0 Å². The summed E-state index contributed by atoms with van der Waals surface area (Å²) in [6, 6.07) is 5.94. The van der Waals surface area contributed by atoms with E-state index in [1.807, 2.05) is 18.3 Å². The molecule has 0 fully saturated rings. The largest absolute Gasteiger partial charge is 0.508 e. The molecule has 3 nitrogen and oxygen atoms in total. The van der Waals surface area contributed by atoms with Crippen molar-refractivity contribution in [3.05, 3.63) is 30.0 Å². The van der Waals surface area contributed by atoms with E-state index < -0.39 is 0 Å². The van der Waals surface area contributed by atoms with Gasteiger partial charge in [-0.15, -0.1) is 0 Å². The molecule has 0 aliphatic rings. The van der Waals surface area contributed by atoms with Crippen molar-refractivity contribution in [2.24, 2.45) is 0 Å². The van der Waals surface area contributed by atoms with Gasteiger partial charge in [-0.05, 0) is 36.7 Å². The molecular weight excluding hydrogens is 200 g/mol. The fourth-order valence-corrected chi connectivity index (χ4v) is 1.87. The Bertz CT molecular complexity index is 474. The zero-order chi connectivity index (χ0) is 11.5. The molecular formula is C13H18N2O. The molecule has 0 unspecified atom stereocenters. The maximum atomic E-state index is 9.46. The molecule has 1 heterocycles. The Morgan fingerprint density at radius 3 is 2.94 bits per heavy atom. The number of aromatic nitrogens is 1. The van der Waals surface area contributed by atoms with Crippen molar-refractivity contribution in [2.75, 3.05) is 6.54 Å². The van der Waals surface area contributed by atoms with Crippen molar-refractivity contribution in [3.63, 3.8) is 0 Å². The molecule has 16 heavy (non-hydrogen) atoms. The highest BCUT2D eigenvalue weighted by Crippen LogP contribution is 2.22. The summed E-state index contributed by atoms with van der Waals surface area (Å²) in [7, 11) is 0. The van der Waals surface area contributed by atoms with Gasteiger partial charge in [0, 0.05) is 23.1 Å². The number of hydrogen-bond acceptors (Lipinski definition) is 2. The van der Waals surface area contributed by atoms with Gasteiger partial charge in [0.25, 0.3) is 0 Å². The summed E-state index contributed by atoms with van der Waals surface area (Å²) in [5, 5.41) is 14.0. The molecule has 0 aliphatic heterocycles. The van der Waals surface area contributed by atoms with Crippen molar-refractivity contribution >= 4 is 10.9 Å². The van der Waals surface area contributed by atoms with Gasteiger partial charge in [-0.3, -0.25) is 0 Å². The van der Waals surface area contributed by atoms with Crippen LogP contribution in [-0.2, 0) is 6.42 Å². The van der Waals surface area contributed by atoms with Crippen molar-refractivity contribution in [1.82, 2.24) is 10.3 Å². The minimum absolute atomic E-state index is 0.324. The van der Waals surface area contributed by atoms with E-state index >= 15 is 0 Å². The lowest BCUT2D eigenvalue weighted by Crippen LogP contribution is -2.24. The minimum atomic E-state index is 0.324. The average Bonchev–Trinajstić information content (AvgIpc) is 2.60. The predicted molar refractivity (Wildman–Crippen MR) is 66.8 cm³/mol. The normalized spacial score (nSPS) is 11.4. The quantitative estimate of drug-likeness (QED) is 0.738. The minimum Gasteiger partial charge on any atom is -0.508 e. The number of H-pyrrole nitrogens is 1. The number of rotatable bonds is 4. The number of aromatic hydroxyl groups is 1. The summed E-state index contributed by atoms with van der Waals surface area (Å²) in [5.41, 5.74) is 2.33. The van der Waals surface area contributed by atoms with Crippen LogP contribution in [0.3, 0.4) is 0 Å². The second kappa shape index (κ2) is 4.58.